The molecule has 0 aliphatic carbocycles. The van der Waals surface area contributed by atoms with Gasteiger partial charge in [-0.15, -0.1) is 12.4 Å². The van der Waals surface area contributed by atoms with E-state index in [0.717, 1.165) is 29.8 Å². The Hall–Kier alpha value is -1.59. The van der Waals surface area contributed by atoms with Gasteiger partial charge in [-0.1, -0.05) is 17.7 Å². The molecule has 0 atom stereocenters. The lowest BCUT2D eigenvalue weighted by molar-refractivity contribution is -0.124. The number of anilines is 1. The summed E-state index contributed by atoms with van der Waals surface area (Å²) in [6.07, 6.45) is 1.19. The third-order valence-corrected chi connectivity index (χ3v) is 3.22. The van der Waals surface area contributed by atoms with Gasteiger partial charge in [0.15, 0.2) is 0 Å². The van der Waals surface area contributed by atoms with E-state index in [1.807, 2.05) is 40.0 Å². The Morgan fingerprint density at radius 3 is 2.18 bits per heavy atom. The van der Waals surface area contributed by atoms with Crippen LogP contribution in [0, 0.1) is 20.8 Å². The molecule has 0 spiro atoms. The van der Waals surface area contributed by atoms with Crippen LogP contribution in [0.4, 0.5) is 5.69 Å². The fourth-order valence-corrected chi connectivity index (χ4v) is 2.25. The summed E-state index contributed by atoms with van der Waals surface area (Å²) in [5, 5.41) is 8.47. The molecular weight excluding hydrogens is 302 g/mol. The number of nitrogens with one attached hydrogen (secondary N) is 3. The monoisotopic (exact) mass is 327 g/mol. The third kappa shape index (κ3) is 6.91. The second-order valence-electron chi connectivity index (χ2n) is 5.31. The van der Waals surface area contributed by atoms with Gasteiger partial charge in [-0.3, -0.25) is 9.59 Å². The average molecular weight is 328 g/mol. The van der Waals surface area contributed by atoms with Gasteiger partial charge in [0.05, 0.1) is 6.54 Å². The molecule has 1 aromatic rings. The van der Waals surface area contributed by atoms with E-state index >= 15 is 0 Å². The van der Waals surface area contributed by atoms with E-state index in [0.29, 0.717) is 6.42 Å². The number of rotatable bonds is 7. The second-order valence-corrected chi connectivity index (χ2v) is 5.31. The van der Waals surface area contributed by atoms with Gasteiger partial charge < -0.3 is 16.0 Å². The van der Waals surface area contributed by atoms with Crippen LogP contribution in [0.5, 0.6) is 0 Å². The molecule has 0 aromatic heterocycles. The number of hydrogen-bond acceptors (Lipinski definition) is 3. The van der Waals surface area contributed by atoms with Crippen molar-refractivity contribution < 1.29 is 9.59 Å². The van der Waals surface area contributed by atoms with Crippen molar-refractivity contribution in [1.82, 2.24) is 10.6 Å². The average Bonchev–Trinajstić information content (AvgIpc) is 2.41. The first kappa shape index (κ1) is 20.4. The summed E-state index contributed by atoms with van der Waals surface area (Å²) in [5.41, 5.74) is 4.05. The largest absolute Gasteiger partial charge is 0.347 e. The van der Waals surface area contributed by atoms with Crippen molar-refractivity contribution in [3.8, 4) is 0 Å². The lowest BCUT2D eigenvalue weighted by Gasteiger charge is -2.13. The molecule has 0 bridgehead atoms. The molecule has 0 unspecified atom stereocenters. The molecule has 3 N–H and O–H groups in total. The van der Waals surface area contributed by atoms with Gasteiger partial charge >= 0.3 is 0 Å². The topological polar surface area (TPSA) is 70.2 Å². The molecule has 0 saturated heterocycles. The predicted molar refractivity (Wildman–Crippen MR) is 92.7 cm³/mol. The minimum atomic E-state index is -0.202. The van der Waals surface area contributed by atoms with Crippen LogP contribution in [0.15, 0.2) is 12.1 Å². The molecule has 22 heavy (non-hydrogen) atoms. The van der Waals surface area contributed by atoms with Gasteiger partial charge in [-0.25, -0.2) is 0 Å². The Labute approximate surface area is 138 Å². The van der Waals surface area contributed by atoms with Crippen molar-refractivity contribution in [3.63, 3.8) is 0 Å². The van der Waals surface area contributed by atoms with E-state index in [-0.39, 0.29) is 30.8 Å². The zero-order valence-electron chi connectivity index (χ0n) is 13.7. The minimum Gasteiger partial charge on any atom is -0.347 e. The van der Waals surface area contributed by atoms with Gasteiger partial charge in [0.25, 0.3) is 0 Å². The molecule has 124 valence electrons. The van der Waals surface area contributed by atoms with Gasteiger partial charge in [0, 0.05) is 12.1 Å². The molecule has 1 aromatic carbocycles. The SMILES string of the molecule is CNCCCC(=O)NCC(=O)Nc1c(C)cc(C)cc1C.Cl. The zero-order chi connectivity index (χ0) is 15.8. The number of carbonyl (C=O) groups is 2. The number of halogens is 1. The summed E-state index contributed by atoms with van der Waals surface area (Å²) in [6.45, 7) is 6.75. The summed E-state index contributed by atoms with van der Waals surface area (Å²) < 4.78 is 0. The number of aryl methyl sites for hydroxylation is 3. The molecule has 0 saturated carbocycles. The predicted octanol–water partition coefficient (Wildman–Crippen LogP) is 2.09. The van der Waals surface area contributed by atoms with Gasteiger partial charge in [-0.2, -0.15) is 0 Å². The highest BCUT2D eigenvalue weighted by molar-refractivity contribution is 5.95. The Balaban J connectivity index is 0.00000441. The molecule has 2 amide bonds. The van der Waals surface area contributed by atoms with Crippen molar-refractivity contribution in [2.45, 2.75) is 33.6 Å². The number of carbonyl (C=O) groups excluding carboxylic acids is 2. The lowest BCUT2D eigenvalue weighted by Crippen LogP contribution is -2.33. The van der Waals surface area contributed by atoms with Crippen LogP contribution in [-0.4, -0.2) is 32.0 Å². The highest BCUT2D eigenvalue weighted by Crippen LogP contribution is 2.21. The molecule has 5 nitrogen and oxygen atoms in total. The van der Waals surface area contributed by atoms with E-state index < -0.39 is 0 Å². The number of benzene rings is 1. The van der Waals surface area contributed by atoms with Gasteiger partial charge in [0.1, 0.15) is 0 Å². The minimum absolute atomic E-state index is 0. The number of hydrogen-bond donors (Lipinski definition) is 3. The first-order valence-corrected chi connectivity index (χ1v) is 7.23. The second kappa shape index (κ2) is 10.2. The molecule has 0 radical (unpaired) electrons. The van der Waals surface area contributed by atoms with E-state index in [9.17, 15) is 9.59 Å². The van der Waals surface area contributed by atoms with Crippen LogP contribution >= 0.6 is 12.4 Å². The Morgan fingerprint density at radius 1 is 1.05 bits per heavy atom. The highest BCUT2D eigenvalue weighted by atomic mass is 35.5. The van der Waals surface area contributed by atoms with Crippen LogP contribution in [0.2, 0.25) is 0 Å². The van der Waals surface area contributed by atoms with E-state index in [4.69, 9.17) is 0 Å². The normalized spacial score (nSPS) is 9.82. The maximum absolute atomic E-state index is 11.9. The zero-order valence-corrected chi connectivity index (χ0v) is 14.5. The first-order chi connectivity index (χ1) is 9.93. The fourth-order valence-electron chi connectivity index (χ4n) is 2.25. The smallest absolute Gasteiger partial charge is 0.243 e. The van der Waals surface area contributed by atoms with E-state index in [2.05, 4.69) is 16.0 Å². The van der Waals surface area contributed by atoms with Crippen molar-refractivity contribution in [1.29, 1.82) is 0 Å². The van der Waals surface area contributed by atoms with Crippen LogP contribution in [-0.2, 0) is 9.59 Å². The van der Waals surface area contributed by atoms with Gasteiger partial charge in [0.2, 0.25) is 11.8 Å². The Morgan fingerprint density at radius 2 is 1.64 bits per heavy atom. The van der Waals surface area contributed by atoms with E-state index in [1.165, 1.54) is 5.56 Å². The van der Waals surface area contributed by atoms with Crippen molar-refractivity contribution in [2.24, 2.45) is 0 Å². The molecule has 0 aliphatic rings. The van der Waals surface area contributed by atoms with Crippen LogP contribution in [0.1, 0.15) is 29.5 Å². The van der Waals surface area contributed by atoms with Gasteiger partial charge in [-0.05, 0) is 51.9 Å². The fraction of sp³-hybridized carbons (Fsp3) is 0.500. The molecule has 0 heterocycles. The summed E-state index contributed by atoms with van der Waals surface area (Å²) in [6, 6.07) is 4.05. The van der Waals surface area contributed by atoms with Crippen molar-refractivity contribution >= 4 is 29.9 Å². The summed E-state index contributed by atoms with van der Waals surface area (Å²) in [4.78, 5) is 23.4. The van der Waals surface area contributed by atoms with Crippen LogP contribution in [0.25, 0.3) is 0 Å². The maximum atomic E-state index is 11.9. The quantitative estimate of drug-likeness (QED) is 0.672. The molecular formula is C16H26ClN3O2. The lowest BCUT2D eigenvalue weighted by atomic mass is 10.1. The molecule has 1 rings (SSSR count). The summed E-state index contributed by atoms with van der Waals surface area (Å²) in [5.74, 6) is -0.301. The van der Waals surface area contributed by atoms with Crippen LogP contribution < -0.4 is 16.0 Å². The highest BCUT2D eigenvalue weighted by Gasteiger charge is 2.09. The van der Waals surface area contributed by atoms with Crippen LogP contribution in [0.3, 0.4) is 0 Å². The number of amides is 2. The third-order valence-electron chi connectivity index (χ3n) is 3.22. The van der Waals surface area contributed by atoms with E-state index in [1.54, 1.807) is 0 Å². The van der Waals surface area contributed by atoms with Crippen molar-refractivity contribution in [3.05, 3.63) is 28.8 Å². The summed E-state index contributed by atoms with van der Waals surface area (Å²) >= 11 is 0. The Kier molecular flexibility index (Phi) is 9.45. The molecule has 0 fully saturated rings. The standard InChI is InChI=1S/C16H25N3O2.ClH/c1-11-8-12(2)16(13(3)9-11)19-15(21)10-18-14(20)6-5-7-17-4;/h8-9,17H,5-7,10H2,1-4H3,(H,18,20)(H,19,21);1H. The summed E-state index contributed by atoms with van der Waals surface area (Å²) in [7, 11) is 1.84. The first-order valence-electron chi connectivity index (χ1n) is 7.23. The maximum Gasteiger partial charge on any atom is 0.243 e. The van der Waals surface area contributed by atoms with Crippen molar-refractivity contribution in [2.75, 3.05) is 25.5 Å². The molecule has 0 aliphatic heterocycles. The molecule has 6 heteroatoms. The Bertz CT molecular complexity index is 495.